The first-order valence-electron chi connectivity index (χ1n) is 27.7. The fourth-order valence-electron chi connectivity index (χ4n) is 8.99. The smallest absolute Gasteiger partial charge is 0.306 e. The Bertz CT molecular complexity index is 1060. The zero-order valence-corrected chi connectivity index (χ0v) is 42.4. The predicted octanol–water partition coefficient (Wildman–Crippen LogP) is 15.1. The second-order valence-electron chi connectivity index (χ2n) is 19.4. The molecule has 0 aromatic rings. The van der Waals surface area contributed by atoms with Gasteiger partial charge in [0, 0.05) is 44.4 Å². The number of esters is 2. The van der Waals surface area contributed by atoms with Gasteiger partial charge in [-0.1, -0.05) is 180 Å². The third-order valence-corrected chi connectivity index (χ3v) is 13.5. The molecule has 0 heterocycles. The first-order chi connectivity index (χ1) is 31.0. The first kappa shape index (κ1) is 59.3. The quantitative estimate of drug-likeness (QED) is 0.0370. The maximum atomic E-state index is 13.4. The predicted molar refractivity (Wildman–Crippen MR) is 270 cm³/mol. The molecule has 7 heteroatoms. The number of nitrogens with zero attached hydrogens (tertiary/aromatic N) is 2. The SMILES string of the molecule is CCCCC/C=C\C/C=C\CCCCCCCC(=O)OCC(CCCCN(CCN(CCO)CCCCCC)C1CCC1)COC(=O)CC(CCCCCC)CCCCCCCC. The van der Waals surface area contributed by atoms with Gasteiger partial charge >= 0.3 is 11.9 Å². The Morgan fingerprint density at radius 2 is 1.02 bits per heavy atom. The van der Waals surface area contributed by atoms with E-state index in [1.165, 1.54) is 148 Å². The molecule has 2 unspecified atom stereocenters. The van der Waals surface area contributed by atoms with Crippen LogP contribution in [-0.2, 0) is 19.1 Å². The Balaban J connectivity index is 2.66. The lowest BCUT2D eigenvalue weighted by Gasteiger charge is -2.39. The molecule has 1 aliphatic rings. The van der Waals surface area contributed by atoms with Gasteiger partial charge in [-0.2, -0.15) is 0 Å². The molecule has 63 heavy (non-hydrogen) atoms. The summed E-state index contributed by atoms with van der Waals surface area (Å²) >= 11 is 0. The van der Waals surface area contributed by atoms with Crippen LogP contribution < -0.4 is 0 Å². The highest BCUT2D eigenvalue weighted by Crippen LogP contribution is 2.26. The minimum atomic E-state index is -0.110. The maximum Gasteiger partial charge on any atom is 0.306 e. The van der Waals surface area contributed by atoms with Crippen LogP contribution >= 0.6 is 0 Å². The van der Waals surface area contributed by atoms with Gasteiger partial charge in [-0.3, -0.25) is 19.4 Å². The summed E-state index contributed by atoms with van der Waals surface area (Å²) in [6.45, 7) is 14.9. The monoisotopic (exact) mass is 887 g/mol. The molecule has 1 aliphatic carbocycles. The lowest BCUT2D eigenvalue weighted by molar-refractivity contribution is -0.150. The molecule has 7 nitrogen and oxygen atoms in total. The Hall–Kier alpha value is -1.70. The summed E-state index contributed by atoms with van der Waals surface area (Å²) in [5, 5.41) is 9.73. The van der Waals surface area contributed by atoms with E-state index in [0.29, 0.717) is 38.0 Å². The number of ether oxygens (including phenoxy) is 2. The van der Waals surface area contributed by atoms with E-state index in [4.69, 9.17) is 9.47 Å². The Morgan fingerprint density at radius 1 is 0.524 bits per heavy atom. The third-order valence-electron chi connectivity index (χ3n) is 13.5. The van der Waals surface area contributed by atoms with E-state index in [1.807, 2.05) is 0 Å². The molecule has 0 amide bonds. The normalized spacial score (nSPS) is 14.3. The van der Waals surface area contributed by atoms with Crippen LogP contribution in [0.15, 0.2) is 24.3 Å². The van der Waals surface area contributed by atoms with Crippen LogP contribution in [0.5, 0.6) is 0 Å². The number of hydrogen-bond acceptors (Lipinski definition) is 7. The van der Waals surface area contributed by atoms with Crippen molar-refractivity contribution in [1.29, 1.82) is 0 Å². The standard InChI is InChI=1S/C56H106N2O5/c1-5-9-13-17-19-20-21-22-23-24-25-26-27-29-32-42-55(60)62-50-53(51-63-56(61)49-52(37-30-15-11-7-3)38-31-28-18-14-10-6-2)39-33-35-44-58(54-40-36-41-54)46-45-57(47-48-59)43-34-16-12-8-4/h19-20,22-23,52-54,59H,5-18,21,24-51H2,1-4H3/b20-19-,23-22-. The number of allylic oxidation sites excluding steroid dienone is 4. The summed E-state index contributed by atoms with van der Waals surface area (Å²) in [5.41, 5.74) is 0. The summed E-state index contributed by atoms with van der Waals surface area (Å²) in [4.78, 5) is 31.5. The molecule has 0 aliphatic heterocycles. The topological polar surface area (TPSA) is 79.3 Å². The zero-order valence-electron chi connectivity index (χ0n) is 42.4. The van der Waals surface area contributed by atoms with Crippen LogP contribution in [0.2, 0.25) is 0 Å². The van der Waals surface area contributed by atoms with Crippen LogP contribution in [0.4, 0.5) is 0 Å². The van der Waals surface area contributed by atoms with Gasteiger partial charge in [0.05, 0.1) is 19.8 Å². The van der Waals surface area contributed by atoms with E-state index in [2.05, 4.69) is 61.8 Å². The number of hydrogen-bond donors (Lipinski definition) is 1. The summed E-state index contributed by atoms with van der Waals surface area (Å²) in [6.07, 6.45) is 49.8. The van der Waals surface area contributed by atoms with E-state index >= 15 is 0 Å². The second kappa shape index (κ2) is 45.5. The molecule has 1 N–H and O–H groups in total. The largest absolute Gasteiger partial charge is 0.465 e. The Labute approximate surface area is 391 Å². The molecular formula is C56H106N2O5. The molecule has 1 rings (SSSR count). The number of aliphatic hydroxyl groups excluding tert-OH is 1. The van der Waals surface area contributed by atoms with Crippen molar-refractivity contribution in [1.82, 2.24) is 9.80 Å². The van der Waals surface area contributed by atoms with Crippen molar-refractivity contribution in [3.8, 4) is 0 Å². The first-order valence-corrected chi connectivity index (χ1v) is 27.7. The van der Waals surface area contributed by atoms with Gasteiger partial charge in [0.2, 0.25) is 0 Å². The van der Waals surface area contributed by atoms with Crippen molar-refractivity contribution < 1.29 is 24.2 Å². The van der Waals surface area contributed by atoms with E-state index in [0.717, 1.165) is 96.9 Å². The summed E-state index contributed by atoms with van der Waals surface area (Å²) in [6, 6.07) is 0.680. The lowest BCUT2D eigenvalue weighted by Crippen LogP contribution is -2.45. The maximum absolute atomic E-state index is 13.4. The van der Waals surface area contributed by atoms with Gasteiger partial charge in [0.1, 0.15) is 0 Å². The summed E-state index contributed by atoms with van der Waals surface area (Å²) < 4.78 is 12.0. The van der Waals surface area contributed by atoms with Crippen molar-refractivity contribution >= 4 is 11.9 Å². The number of rotatable bonds is 48. The van der Waals surface area contributed by atoms with Crippen LogP contribution in [0.3, 0.4) is 0 Å². The number of unbranched alkanes of at least 4 members (excludes halogenated alkanes) is 20. The molecule has 0 saturated heterocycles. The van der Waals surface area contributed by atoms with Gasteiger partial charge in [-0.05, 0) is 102 Å². The Morgan fingerprint density at radius 3 is 1.63 bits per heavy atom. The van der Waals surface area contributed by atoms with Crippen molar-refractivity contribution in [2.45, 2.75) is 258 Å². The van der Waals surface area contributed by atoms with Gasteiger partial charge in [-0.15, -0.1) is 0 Å². The average Bonchev–Trinajstić information content (AvgIpc) is 3.26. The van der Waals surface area contributed by atoms with Crippen molar-refractivity contribution in [2.24, 2.45) is 11.8 Å². The molecule has 370 valence electrons. The highest BCUT2D eigenvalue weighted by atomic mass is 16.5. The minimum absolute atomic E-state index is 0.0318. The highest BCUT2D eigenvalue weighted by molar-refractivity contribution is 5.70. The highest BCUT2D eigenvalue weighted by Gasteiger charge is 2.25. The number of carbonyl (C=O) groups excluding carboxylic acids is 2. The summed E-state index contributed by atoms with van der Waals surface area (Å²) in [5.74, 6) is 0.259. The lowest BCUT2D eigenvalue weighted by atomic mass is 9.91. The zero-order chi connectivity index (χ0) is 45.7. The van der Waals surface area contributed by atoms with Crippen molar-refractivity contribution in [3.63, 3.8) is 0 Å². The van der Waals surface area contributed by atoms with Crippen LogP contribution in [0.25, 0.3) is 0 Å². The van der Waals surface area contributed by atoms with Gasteiger partial charge in [0.25, 0.3) is 0 Å². The molecule has 0 radical (unpaired) electrons. The van der Waals surface area contributed by atoms with E-state index in [1.54, 1.807) is 0 Å². The van der Waals surface area contributed by atoms with E-state index in [-0.39, 0.29) is 24.5 Å². The van der Waals surface area contributed by atoms with E-state index < -0.39 is 0 Å². The van der Waals surface area contributed by atoms with Gasteiger partial charge in [0.15, 0.2) is 0 Å². The number of aliphatic hydroxyl groups is 1. The van der Waals surface area contributed by atoms with Crippen molar-refractivity contribution in [2.75, 3.05) is 52.5 Å². The molecular weight excluding hydrogens is 781 g/mol. The summed E-state index contributed by atoms with van der Waals surface area (Å²) in [7, 11) is 0. The van der Waals surface area contributed by atoms with Crippen LogP contribution in [0, 0.1) is 11.8 Å². The molecule has 1 saturated carbocycles. The van der Waals surface area contributed by atoms with Gasteiger partial charge < -0.3 is 14.6 Å². The molecule has 1 fully saturated rings. The average molecular weight is 887 g/mol. The van der Waals surface area contributed by atoms with E-state index in [9.17, 15) is 14.7 Å². The van der Waals surface area contributed by atoms with Crippen LogP contribution in [-0.4, -0.2) is 85.4 Å². The molecule has 2 atom stereocenters. The molecule has 0 aromatic carbocycles. The minimum Gasteiger partial charge on any atom is -0.465 e. The molecule has 0 aromatic heterocycles. The Kier molecular flexibility index (Phi) is 42.8. The fourth-order valence-corrected chi connectivity index (χ4v) is 8.99. The van der Waals surface area contributed by atoms with Crippen molar-refractivity contribution in [3.05, 3.63) is 24.3 Å². The number of carbonyl (C=O) groups is 2. The second-order valence-corrected chi connectivity index (χ2v) is 19.4. The van der Waals surface area contributed by atoms with Gasteiger partial charge in [-0.25, -0.2) is 0 Å². The van der Waals surface area contributed by atoms with Crippen LogP contribution in [0.1, 0.15) is 252 Å². The molecule has 0 spiro atoms. The third kappa shape index (κ3) is 37.1. The fraction of sp³-hybridized carbons (Fsp3) is 0.893. The molecule has 0 bridgehead atoms.